The Morgan fingerprint density at radius 2 is 1.88 bits per heavy atom. The van der Waals surface area contributed by atoms with Crippen LogP contribution in [0.25, 0.3) is 5.82 Å². The van der Waals surface area contributed by atoms with Crippen LogP contribution < -0.4 is 4.90 Å². The van der Waals surface area contributed by atoms with Crippen molar-refractivity contribution in [1.29, 1.82) is 0 Å². The van der Waals surface area contributed by atoms with E-state index in [9.17, 15) is 0 Å². The molecule has 122 valence electrons. The zero-order chi connectivity index (χ0) is 16.4. The lowest BCUT2D eigenvalue weighted by Crippen LogP contribution is -2.33. The van der Waals surface area contributed by atoms with Crippen molar-refractivity contribution in [3.8, 4) is 5.82 Å². The van der Waals surface area contributed by atoms with Crippen LogP contribution in [0.1, 0.15) is 30.0 Å². The minimum atomic E-state index is 0.580. The number of rotatable bonds is 3. The summed E-state index contributed by atoms with van der Waals surface area (Å²) in [4.78, 5) is 15.8. The van der Waals surface area contributed by atoms with E-state index in [2.05, 4.69) is 32.1 Å². The Hall–Kier alpha value is -2.76. The van der Waals surface area contributed by atoms with Gasteiger partial charge in [-0.2, -0.15) is 5.10 Å². The van der Waals surface area contributed by atoms with Gasteiger partial charge in [-0.1, -0.05) is 6.07 Å². The molecular weight excluding hydrogens is 300 g/mol. The maximum absolute atomic E-state index is 4.70. The smallest absolute Gasteiger partial charge is 0.173 e. The van der Waals surface area contributed by atoms with E-state index < -0.39 is 0 Å². The molecule has 0 saturated carbocycles. The van der Waals surface area contributed by atoms with Gasteiger partial charge >= 0.3 is 0 Å². The van der Waals surface area contributed by atoms with Crippen molar-refractivity contribution in [3.63, 3.8) is 0 Å². The highest BCUT2D eigenvalue weighted by Crippen LogP contribution is 2.29. The molecule has 3 aromatic heterocycles. The molecule has 0 radical (unpaired) electrons. The zero-order valence-electron chi connectivity index (χ0n) is 13.7. The van der Waals surface area contributed by atoms with Crippen molar-refractivity contribution >= 4 is 5.82 Å². The standard InChI is InChI=1S/C18H20N6/c1-14-3-4-16(11-20-14)15-5-9-23(10-6-15)17-12-19-13-18(22-17)24-8-2-7-21-24/h2-4,7-8,11-13,15H,5-6,9-10H2,1H3. The fourth-order valence-electron chi connectivity index (χ4n) is 3.18. The third kappa shape index (κ3) is 2.99. The largest absolute Gasteiger partial charge is 0.355 e. The van der Waals surface area contributed by atoms with Crippen LogP contribution >= 0.6 is 0 Å². The molecule has 24 heavy (non-hydrogen) atoms. The number of aromatic nitrogens is 5. The van der Waals surface area contributed by atoms with Crippen LogP contribution in [0.5, 0.6) is 0 Å². The van der Waals surface area contributed by atoms with Crippen molar-refractivity contribution in [1.82, 2.24) is 24.7 Å². The van der Waals surface area contributed by atoms with Crippen molar-refractivity contribution in [3.05, 3.63) is 60.4 Å². The first kappa shape index (κ1) is 14.8. The molecule has 0 atom stereocenters. The maximum atomic E-state index is 4.70. The van der Waals surface area contributed by atoms with E-state index >= 15 is 0 Å². The first-order valence-electron chi connectivity index (χ1n) is 8.29. The summed E-state index contributed by atoms with van der Waals surface area (Å²) in [6, 6.07) is 6.19. The van der Waals surface area contributed by atoms with E-state index in [-0.39, 0.29) is 0 Å². The molecule has 0 unspecified atom stereocenters. The maximum Gasteiger partial charge on any atom is 0.173 e. The molecule has 0 N–H and O–H groups in total. The number of nitrogens with zero attached hydrogens (tertiary/aromatic N) is 6. The number of hydrogen-bond donors (Lipinski definition) is 0. The molecule has 1 saturated heterocycles. The van der Waals surface area contributed by atoms with Gasteiger partial charge in [-0.25, -0.2) is 9.67 Å². The number of pyridine rings is 1. The van der Waals surface area contributed by atoms with Crippen molar-refractivity contribution < 1.29 is 0 Å². The van der Waals surface area contributed by atoms with Crippen molar-refractivity contribution in [2.75, 3.05) is 18.0 Å². The van der Waals surface area contributed by atoms with Crippen LogP contribution in [-0.4, -0.2) is 37.8 Å². The zero-order valence-corrected chi connectivity index (χ0v) is 13.7. The lowest BCUT2D eigenvalue weighted by Gasteiger charge is -2.32. The van der Waals surface area contributed by atoms with E-state index in [0.717, 1.165) is 43.3 Å². The molecule has 6 heteroatoms. The van der Waals surface area contributed by atoms with E-state index in [1.54, 1.807) is 17.1 Å². The lowest BCUT2D eigenvalue weighted by molar-refractivity contribution is 0.501. The van der Waals surface area contributed by atoms with Gasteiger partial charge in [-0.15, -0.1) is 0 Å². The summed E-state index contributed by atoms with van der Waals surface area (Å²) < 4.78 is 1.74. The first-order chi connectivity index (χ1) is 11.8. The normalized spacial score (nSPS) is 15.6. The van der Waals surface area contributed by atoms with Gasteiger partial charge in [-0.3, -0.25) is 9.97 Å². The highest BCUT2D eigenvalue weighted by molar-refractivity contribution is 5.40. The Bertz CT molecular complexity index is 789. The second-order valence-electron chi connectivity index (χ2n) is 6.18. The fraction of sp³-hybridized carbons (Fsp3) is 0.333. The summed E-state index contributed by atoms with van der Waals surface area (Å²) in [6.45, 7) is 3.99. The van der Waals surface area contributed by atoms with Crippen LogP contribution in [0.2, 0.25) is 0 Å². The molecule has 0 amide bonds. The third-order valence-electron chi connectivity index (χ3n) is 4.57. The van der Waals surface area contributed by atoms with Gasteiger partial charge in [0.15, 0.2) is 5.82 Å². The van der Waals surface area contributed by atoms with Gasteiger partial charge in [-0.05, 0) is 43.4 Å². The molecule has 0 aromatic carbocycles. The Labute approximate surface area is 141 Å². The molecule has 0 aliphatic carbocycles. The highest BCUT2D eigenvalue weighted by atomic mass is 15.3. The average Bonchev–Trinajstić information content (AvgIpc) is 3.17. The second-order valence-corrected chi connectivity index (χ2v) is 6.18. The van der Waals surface area contributed by atoms with E-state index in [1.807, 2.05) is 31.6 Å². The number of hydrogen-bond acceptors (Lipinski definition) is 5. The minimum Gasteiger partial charge on any atom is -0.355 e. The molecule has 6 nitrogen and oxygen atoms in total. The third-order valence-corrected chi connectivity index (χ3v) is 4.57. The second kappa shape index (κ2) is 6.39. The molecule has 0 spiro atoms. The topological polar surface area (TPSA) is 59.7 Å². The van der Waals surface area contributed by atoms with E-state index in [0.29, 0.717) is 5.92 Å². The summed E-state index contributed by atoms with van der Waals surface area (Å²) in [5.41, 5.74) is 2.42. The molecular formula is C18H20N6. The number of piperidine rings is 1. The van der Waals surface area contributed by atoms with Gasteiger partial charge in [0.25, 0.3) is 0 Å². The molecule has 4 rings (SSSR count). The lowest BCUT2D eigenvalue weighted by atomic mass is 9.90. The highest BCUT2D eigenvalue weighted by Gasteiger charge is 2.22. The van der Waals surface area contributed by atoms with Crippen LogP contribution in [0.3, 0.4) is 0 Å². The summed E-state index contributed by atoms with van der Waals surface area (Å²) in [7, 11) is 0. The predicted octanol–water partition coefficient (Wildman–Crippen LogP) is 2.75. The Morgan fingerprint density at radius 1 is 1.04 bits per heavy atom. The monoisotopic (exact) mass is 320 g/mol. The summed E-state index contributed by atoms with van der Waals surface area (Å²) in [6.07, 6.45) is 11.4. The molecule has 3 aromatic rings. The van der Waals surface area contributed by atoms with Crippen molar-refractivity contribution in [2.24, 2.45) is 0 Å². The van der Waals surface area contributed by atoms with Crippen molar-refractivity contribution in [2.45, 2.75) is 25.7 Å². The summed E-state index contributed by atoms with van der Waals surface area (Å²) in [5.74, 6) is 2.25. The molecule has 1 aliphatic rings. The van der Waals surface area contributed by atoms with Gasteiger partial charge < -0.3 is 4.90 Å². The van der Waals surface area contributed by atoms with Gasteiger partial charge in [0, 0.05) is 37.4 Å². The van der Waals surface area contributed by atoms with Crippen LogP contribution in [0, 0.1) is 6.92 Å². The van der Waals surface area contributed by atoms with E-state index in [1.165, 1.54) is 5.56 Å². The first-order valence-corrected chi connectivity index (χ1v) is 8.29. The van der Waals surface area contributed by atoms with E-state index in [4.69, 9.17) is 4.98 Å². The summed E-state index contributed by atoms with van der Waals surface area (Å²) in [5, 5.41) is 4.22. The average molecular weight is 320 g/mol. The Balaban J connectivity index is 1.46. The number of anilines is 1. The number of aryl methyl sites for hydroxylation is 1. The Morgan fingerprint density at radius 3 is 2.58 bits per heavy atom. The summed E-state index contributed by atoms with van der Waals surface area (Å²) >= 11 is 0. The quantitative estimate of drug-likeness (QED) is 0.742. The van der Waals surface area contributed by atoms with Gasteiger partial charge in [0.1, 0.15) is 5.82 Å². The SMILES string of the molecule is Cc1ccc(C2CCN(c3cncc(-n4cccn4)n3)CC2)cn1. The Kier molecular flexibility index (Phi) is 3.94. The van der Waals surface area contributed by atoms with Crippen LogP contribution in [0.15, 0.2) is 49.2 Å². The van der Waals surface area contributed by atoms with Crippen LogP contribution in [-0.2, 0) is 0 Å². The van der Waals surface area contributed by atoms with Gasteiger partial charge in [0.2, 0.25) is 0 Å². The molecule has 1 aliphatic heterocycles. The minimum absolute atomic E-state index is 0.580. The van der Waals surface area contributed by atoms with Crippen LogP contribution in [0.4, 0.5) is 5.82 Å². The van der Waals surface area contributed by atoms with Gasteiger partial charge in [0.05, 0.1) is 12.4 Å². The predicted molar refractivity (Wildman–Crippen MR) is 92.3 cm³/mol. The molecule has 0 bridgehead atoms. The molecule has 1 fully saturated rings. The fourth-order valence-corrected chi connectivity index (χ4v) is 3.18. The molecule has 4 heterocycles.